The summed E-state index contributed by atoms with van der Waals surface area (Å²) in [4.78, 5) is 17.1. The minimum Gasteiger partial charge on any atom is -0.318 e. The van der Waals surface area contributed by atoms with Crippen LogP contribution in [0.2, 0.25) is 0 Å². The average Bonchev–Trinajstić information content (AvgIpc) is 2.60. The van der Waals surface area contributed by atoms with Crippen molar-refractivity contribution < 1.29 is 9.63 Å². The van der Waals surface area contributed by atoms with Crippen molar-refractivity contribution in [3.8, 4) is 0 Å². The highest BCUT2D eigenvalue weighted by atomic mass is 16.7. The highest BCUT2D eigenvalue weighted by Crippen LogP contribution is 2.26. The summed E-state index contributed by atoms with van der Waals surface area (Å²) in [5, 5.41) is 6.39. The van der Waals surface area contributed by atoms with Crippen LogP contribution < -0.4 is 0 Å². The van der Waals surface area contributed by atoms with Gasteiger partial charge in [0.1, 0.15) is 0 Å². The van der Waals surface area contributed by atoms with E-state index >= 15 is 0 Å². The van der Waals surface area contributed by atoms with Crippen molar-refractivity contribution in [3.05, 3.63) is 48.0 Å². The van der Waals surface area contributed by atoms with Crippen LogP contribution in [0.4, 0.5) is 0 Å². The van der Waals surface area contributed by atoms with Crippen LogP contribution in [-0.2, 0) is 9.63 Å². The molecule has 0 heterocycles. The van der Waals surface area contributed by atoms with E-state index in [0.717, 1.165) is 29.5 Å². The summed E-state index contributed by atoms with van der Waals surface area (Å²) in [7, 11) is 0. The Bertz CT molecular complexity index is 714. The summed E-state index contributed by atoms with van der Waals surface area (Å²) in [6.07, 6.45) is 6.54. The maximum atomic E-state index is 11.9. The van der Waals surface area contributed by atoms with Gasteiger partial charge in [-0.25, -0.2) is 4.79 Å². The number of nitrogens with zero attached hydrogens (tertiary/aromatic N) is 1. The Kier molecular flexibility index (Phi) is 5.06. The second kappa shape index (κ2) is 7.40. The Hall–Kier alpha value is -2.16. The first-order chi connectivity index (χ1) is 11.2. The molecular formula is C20H23NO2. The molecule has 3 rings (SSSR count). The highest BCUT2D eigenvalue weighted by molar-refractivity contribution is 6.01. The van der Waals surface area contributed by atoms with Gasteiger partial charge in [0.15, 0.2) is 0 Å². The highest BCUT2D eigenvalue weighted by Gasteiger charge is 2.18. The van der Waals surface area contributed by atoms with Gasteiger partial charge in [0, 0.05) is 0 Å². The molecule has 0 radical (unpaired) electrons. The first kappa shape index (κ1) is 15.7. The molecule has 0 saturated heterocycles. The van der Waals surface area contributed by atoms with E-state index in [4.69, 9.17) is 4.84 Å². The third kappa shape index (κ3) is 4.19. The molecule has 0 atom stereocenters. The molecule has 1 aliphatic carbocycles. The van der Waals surface area contributed by atoms with Crippen molar-refractivity contribution in [2.75, 3.05) is 0 Å². The van der Waals surface area contributed by atoms with Crippen LogP contribution in [-0.4, -0.2) is 11.7 Å². The van der Waals surface area contributed by atoms with Gasteiger partial charge in [-0.3, -0.25) is 0 Å². The summed E-state index contributed by atoms with van der Waals surface area (Å²) >= 11 is 0. The normalized spacial score (nSPS) is 16.5. The molecule has 2 aromatic carbocycles. The zero-order valence-electron chi connectivity index (χ0n) is 13.6. The lowest BCUT2D eigenvalue weighted by atomic mass is 9.87. The van der Waals surface area contributed by atoms with Gasteiger partial charge in [0.2, 0.25) is 0 Å². The predicted octanol–water partition coefficient (Wildman–Crippen LogP) is 5.08. The van der Waals surface area contributed by atoms with Crippen LogP contribution in [0, 0.1) is 5.92 Å². The van der Waals surface area contributed by atoms with Crippen molar-refractivity contribution >= 4 is 22.5 Å². The van der Waals surface area contributed by atoms with Gasteiger partial charge in [-0.15, -0.1) is 0 Å². The monoisotopic (exact) mass is 309 g/mol. The molecule has 3 heteroatoms. The van der Waals surface area contributed by atoms with Gasteiger partial charge in [-0.1, -0.05) is 60.8 Å². The number of benzene rings is 2. The van der Waals surface area contributed by atoms with Gasteiger partial charge in [-0.05, 0) is 48.1 Å². The quantitative estimate of drug-likeness (QED) is 0.449. The van der Waals surface area contributed by atoms with Gasteiger partial charge in [-0.2, -0.15) is 0 Å². The van der Waals surface area contributed by atoms with E-state index in [1.807, 2.05) is 25.1 Å². The van der Waals surface area contributed by atoms with Crippen LogP contribution in [0.15, 0.2) is 47.6 Å². The molecule has 23 heavy (non-hydrogen) atoms. The van der Waals surface area contributed by atoms with Crippen LogP contribution in [0.5, 0.6) is 0 Å². The first-order valence-corrected chi connectivity index (χ1v) is 8.46. The van der Waals surface area contributed by atoms with E-state index in [0.29, 0.717) is 12.3 Å². The van der Waals surface area contributed by atoms with Gasteiger partial charge < -0.3 is 4.84 Å². The van der Waals surface area contributed by atoms with E-state index in [9.17, 15) is 4.79 Å². The third-order valence-corrected chi connectivity index (χ3v) is 4.63. The zero-order valence-corrected chi connectivity index (χ0v) is 13.6. The van der Waals surface area contributed by atoms with Crippen LogP contribution in [0.25, 0.3) is 10.8 Å². The average molecular weight is 309 g/mol. The first-order valence-electron chi connectivity index (χ1n) is 8.46. The molecule has 0 amide bonds. The number of fused-ring (bicyclic) bond motifs is 1. The van der Waals surface area contributed by atoms with E-state index in [2.05, 4.69) is 29.4 Å². The lowest BCUT2D eigenvalue weighted by Gasteiger charge is -2.19. The molecule has 0 bridgehead atoms. The minimum atomic E-state index is -0.211. The minimum absolute atomic E-state index is 0.211. The molecule has 1 saturated carbocycles. The van der Waals surface area contributed by atoms with Crippen molar-refractivity contribution in [1.82, 2.24) is 0 Å². The molecule has 0 spiro atoms. The largest absolute Gasteiger partial charge is 0.335 e. The van der Waals surface area contributed by atoms with Crippen molar-refractivity contribution in [2.24, 2.45) is 11.1 Å². The molecule has 3 nitrogen and oxygen atoms in total. The second-order valence-corrected chi connectivity index (χ2v) is 6.41. The molecule has 0 unspecified atom stereocenters. The third-order valence-electron chi connectivity index (χ3n) is 4.63. The maximum absolute atomic E-state index is 11.9. The fraction of sp³-hybridized carbons (Fsp3) is 0.400. The smallest absolute Gasteiger partial charge is 0.318 e. The molecule has 0 N–H and O–H groups in total. The Morgan fingerprint density at radius 2 is 1.83 bits per heavy atom. The summed E-state index contributed by atoms with van der Waals surface area (Å²) < 4.78 is 0. The predicted molar refractivity (Wildman–Crippen MR) is 93.4 cm³/mol. The van der Waals surface area contributed by atoms with Gasteiger partial charge in [0.25, 0.3) is 0 Å². The molecule has 2 aromatic rings. The lowest BCUT2D eigenvalue weighted by Crippen LogP contribution is -2.13. The number of oxime groups is 1. The molecule has 1 aliphatic rings. The van der Waals surface area contributed by atoms with Crippen molar-refractivity contribution in [1.29, 1.82) is 0 Å². The summed E-state index contributed by atoms with van der Waals surface area (Å²) in [5.74, 6) is 0.268. The Labute approximate surface area is 137 Å². The van der Waals surface area contributed by atoms with E-state index in [1.165, 1.54) is 24.6 Å². The van der Waals surface area contributed by atoms with E-state index in [-0.39, 0.29) is 5.97 Å². The maximum Gasteiger partial charge on any atom is 0.335 e. The van der Waals surface area contributed by atoms with Crippen molar-refractivity contribution in [3.63, 3.8) is 0 Å². The molecule has 1 fully saturated rings. The number of rotatable bonds is 4. The Morgan fingerprint density at radius 1 is 1.09 bits per heavy atom. The molecule has 120 valence electrons. The number of hydrogen-bond acceptors (Lipinski definition) is 3. The zero-order chi connectivity index (χ0) is 16.1. The van der Waals surface area contributed by atoms with Gasteiger partial charge >= 0.3 is 5.97 Å². The molecular weight excluding hydrogens is 286 g/mol. The van der Waals surface area contributed by atoms with Crippen LogP contribution >= 0.6 is 0 Å². The van der Waals surface area contributed by atoms with E-state index < -0.39 is 0 Å². The lowest BCUT2D eigenvalue weighted by molar-refractivity contribution is -0.145. The van der Waals surface area contributed by atoms with Crippen LogP contribution in [0.1, 0.15) is 51.0 Å². The van der Waals surface area contributed by atoms with Gasteiger partial charge in [0.05, 0.1) is 12.1 Å². The fourth-order valence-electron chi connectivity index (χ4n) is 3.25. The standard InChI is InChI=1S/C20H23NO2/c1-15(18-12-11-17-9-5-6-10-19(17)14-18)21-23-20(22)13-16-7-3-2-4-8-16/h5-6,9-12,14,16H,2-4,7-8,13H2,1H3/b21-15+. The van der Waals surface area contributed by atoms with Crippen molar-refractivity contribution in [2.45, 2.75) is 45.4 Å². The number of carbonyl (C=O) groups is 1. The summed E-state index contributed by atoms with van der Waals surface area (Å²) in [6, 6.07) is 14.3. The number of hydrogen-bond donors (Lipinski definition) is 0. The second-order valence-electron chi connectivity index (χ2n) is 6.41. The topological polar surface area (TPSA) is 38.7 Å². The molecule has 0 aromatic heterocycles. The van der Waals surface area contributed by atoms with Crippen LogP contribution in [0.3, 0.4) is 0 Å². The summed E-state index contributed by atoms with van der Waals surface area (Å²) in [5.41, 5.74) is 1.71. The van der Waals surface area contributed by atoms with E-state index in [1.54, 1.807) is 0 Å². The number of carbonyl (C=O) groups excluding carboxylic acids is 1. The molecule has 0 aliphatic heterocycles. The Morgan fingerprint density at radius 3 is 2.61 bits per heavy atom. The Balaban J connectivity index is 1.62. The summed E-state index contributed by atoms with van der Waals surface area (Å²) in [6.45, 7) is 1.87. The SMILES string of the molecule is C/C(=N\OC(=O)CC1CCCCC1)c1ccc2ccccc2c1. The fourth-order valence-corrected chi connectivity index (χ4v) is 3.25.